The third-order valence-electron chi connectivity index (χ3n) is 2.19. The van der Waals surface area contributed by atoms with Gasteiger partial charge in [0.2, 0.25) is 0 Å². The molecule has 2 rings (SSSR count). The van der Waals surface area contributed by atoms with Crippen molar-refractivity contribution in [2.45, 2.75) is 13.8 Å². The van der Waals surface area contributed by atoms with Gasteiger partial charge < -0.3 is 9.73 Å². The molecule has 0 aliphatic carbocycles. The second kappa shape index (κ2) is 3.28. The first-order chi connectivity index (χ1) is 6.63. The van der Waals surface area contributed by atoms with E-state index in [9.17, 15) is 0 Å². The van der Waals surface area contributed by atoms with E-state index in [1.165, 1.54) is 0 Å². The lowest BCUT2D eigenvalue weighted by Gasteiger charge is -1.99. The first-order valence-electron chi connectivity index (χ1n) is 4.37. The number of fused-ring (bicyclic) bond motifs is 1. The molecule has 1 aromatic heterocycles. The smallest absolute Gasteiger partial charge is 0.295 e. The Bertz CT molecular complexity index is 490. The molecular formula is C10H11BrN2O. The van der Waals surface area contributed by atoms with E-state index < -0.39 is 0 Å². The summed E-state index contributed by atoms with van der Waals surface area (Å²) in [6, 6.07) is 2.64. The van der Waals surface area contributed by atoms with Crippen molar-refractivity contribution in [2.24, 2.45) is 0 Å². The van der Waals surface area contributed by atoms with Crippen LogP contribution in [0.25, 0.3) is 11.1 Å². The van der Waals surface area contributed by atoms with Gasteiger partial charge in [0.15, 0.2) is 5.58 Å². The van der Waals surface area contributed by atoms with Crippen LogP contribution < -0.4 is 5.32 Å². The summed E-state index contributed by atoms with van der Waals surface area (Å²) >= 11 is 3.50. The van der Waals surface area contributed by atoms with Crippen molar-refractivity contribution < 1.29 is 4.42 Å². The molecular weight excluding hydrogens is 244 g/mol. The zero-order valence-electron chi connectivity index (χ0n) is 8.31. The lowest BCUT2D eigenvalue weighted by Crippen LogP contribution is -1.86. The zero-order chi connectivity index (χ0) is 10.3. The third-order valence-corrected chi connectivity index (χ3v) is 3.18. The first-order valence-corrected chi connectivity index (χ1v) is 5.16. The van der Waals surface area contributed by atoms with Gasteiger partial charge in [-0.3, -0.25) is 0 Å². The van der Waals surface area contributed by atoms with Gasteiger partial charge in [-0.2, -0.15) is 4.98 Å². The number of rotatable bonds is 1. The highest BCUT2D eigenvalue weighted by molar-refractivity contribution is 9.10. The summed E-state index contributed by atoms with van der Waals surface area (Å²) in [6.45, 7) is 4.07. The summed E-state index contributed by atoms with van der Waals surface area (Å²) in [6.07, 6.45) is 0. The van der Waals surface area contributed by atoms with Crippen molar-refractivity contribution in [1.82, 2.24) is 4.98 Å². The highest BCUT2D eigenvalue weighted by atomic mass is 79.9. The molecule has 2 aromatic rings. The van der Waals surface area contributed by atoms with Gasteiger partial charge >= 0.3 is 0 Å². The molecule has 0 unspecified atom stereocenters. The number of hydrogen-bond acceptors (Lipinski definition) is 3. The number of nitrogens with zero attached hydrogens (tertiary/aromatic N) is 1. The lowest BCUT2D eigenvalue weighted by molar-refractivity contribution is 0.618. The summed E-state index contributed by atoms with van der Waals surface area (Å²) in [7, 11) is 1.79. The summed E-state index contributed by atoms with van der Waals surface area (Å²) in [4.78, 5) is 4.32. The zero-order valence-corrected chi connectivity index (χ0v) is 9.90. The van der Waals surface area contributed by atoms with Crippen molar-refractivity contribution >= 4 is 33.0 Å². The molecule has 74 valence electrons. The van der Waals surface area contributed by atoms with Crippen molar-refractivity contribution in [1.29, 1.82) is 0 Å². The summed E-state index contributed by atoms with van der Waals surface area (Å²) < 4.78 is 6.52. The molecule has 0 radical (unpaired) electrons. The topological polar surface area (TPSA) is 38.1 Å². The monoisotopic (exact) mass is 254 g/mol. The highest BCUT2D eigenvalue weighted by Gasteiger charge is 2.12. The minimum absolute atomic E-state index is 0.550. The molecule has 14 heavy (non-hydrogen) atoms. The molecule has 0 amide bonds. The lowest BCUT2D eigenvalue weighted by atomic mass is 10.1. The van der Waals surface area contributed by atoms with Crippen LogP contribution >= 0.6 is 15.9 Å². The molecule has 0 spiro atoms. The second-order valence-electron chi connectivity index (χ2n) is 3.27. The maximum atomic E-state index is 5.54. The molecule has 0 saturated heterocycles. The Kier molecular flexibility index (Phi) is 2.23. The van der Waals surface area contributed by atoms with Crippen molar-refractivity contribution in [3.8, 4) is 0 Å². The van der Waals surface area contributed by atoms with Crippen LogP contribution in [0.5, 0.6) is 0 Å². The molecule has 3 nitrogen and oxygen atoms in total. The van der Waals surface area contributed by atoms with Gasteiger partial charge in [0.25, 0.3) is 6.01 Å². The first kappa shape index (κ1) is 9.52. The number of nitrogens with one attached hydrogen (secondary N) is 1. The molecule has 1 N–H and O–H groups in total. The van der Waals surface area contributed by atoms with Crippen LogP contribution in [-0.4, -0.2) is 12.0 Å². The van der Waals surface area contributed by atoms with Gasteiger partial charge in [0.1, 0.15) is 5.52 Å². The fourth-order valence-corrected chi connectivity index (χ4v) is 1.86. The SMILES string of the molecule is CNc1nc2c(C)cc(C)c(Br)c2o1. The minimum Gasteiger partial charge on any atom is -0.422 e. The summed E-state index contributed by atoms with van der Waals surface area (Å²) in [5.74, 6) is 0. The molecule has 0 bridgehead atoms. The van der Waals surface area contributed by atoms with E-state index in [4.69, 9.17) is 4.42 Å². The number of aromatic nitrogens is 1. The van der Waals surface area contributed by atoms with E-state index in [1.54, 1.807) is 7.05 Å². The molecule has 0 aliphatic heterocycles. The number of benzene rings is 1. The quantitative estimate of drug-likeness (QED) is 0.849. The van der Waals surface area contributed by atoms with Gasteiger partial charge in [0.05, 0.1) is 4.47 Å². The Morgan fingerprint density at radius 2 is 2.07 bits per heavy atom. The third kappa shape index (κ3) is 1.30. The largest absolute Gasteiger partial charge is 0.422 e. The normalized spacial score (nSPS) is 10.9. The number of halogens is 1. The van der Waals surface area contributed by atoms with Crippen molar-refractivity contribution in [3.63, 3.8) is 0 Å². The van der Waals surface area contributed by atoms with Crippen LogP contribution in [0.2, 0.25) is 0 Å². The van der Waals surface area contributed by atoms with Crippen molar-refractivity contribution in [3.05, 3.63) is 21.7 Å². The van der Waals surface area contributed by atoms with Gasteiger partial charge in [-0.05, 0) is 40.9 Å². The molecule has 0 aliphatic rings. The van der Waals surface area contributed by atoms with Gasteiger partial charge in [-0.25, -0.2) is 0 Å². The Morgan fingerprint density at radius 1 is 1.36 bits per heavy atom. The fraction of sp³-hybridized carbons (Fsp3) is 0.300. The Balaban J connectivity index is 2.84. The van der Waals surface area contributed by atoms with E-state index in [0.717, 1.165) is 26.7 Å². The highest BCUT2D eigenvalue weighted by Crippen LogP contribution is 2.31. The molecule has 1 aromatic carbocycles. The Labute approximate surface area is 90.6 Å². The molecule has 0 fully saturated rings. The average Bonchev–Trinajstić information content (AvgIpc) is 2.58. The number of anilines is 1. The van der Waals surface area contributed by atoms with Crippen LogP contribution in [0.1, 0.15) is 11.1 Å². The van der Waals surface area contributed by atoms with E-state index in [1.807, 2.05) is 13.8 Å². The van der Waals surface area contributed by atoms with Gasteiger partial charge in [0, 0.05) is 7.05 Å². The van der Waals surface area contributed by atoms with Gasteiger partial charge in [-0.1, -0.05) is 6.07 Å². The van der Waals surface area contributed by atoms with Crippen LogP contribution in [0, 0.1) is 13.8 Å². The number of hydrogen-bond donors (Lipinski definition) is 1. The predicted octanol–water partition coefficient (Wildman–Crippen LogP) is 3.25. The maximum absolute atomic E-state index is 5.54. The standard InChI is InChI=1S/C10H11BrN2O/c1-5-4-6(2)8-9(7(5)11)14-10(12-3)13-8/h4H,1-3H3,(H,12,13). The molecule has 0 atom stereocenters. The van der Waals surface area contributed by atoms with E-state index in [2.05, 4.69) is 32.3 Å². The summed E-state index contributed by atoms with van der Waals surface area (Å²) in [5, 5.41) is 2.89. The van der Waals surface area contributed by atoms with Crippen LogP contribution in [0.3, 0.4) is 0 Å². The maximum Gasteiger partial charge on any atom is 0.295 e. The van der Waals surface area contributed by atoms with E-state index >= 15 is 0 Å². The number of oxazole rings is 1. The van der Waals surface area contributed by atoms with E-state index in [-0.39, 0.29) is 0 Å². The van der Waals surface area contributed by atoms with E-state index in [0.29, 0.717) is 6.01 Å². The molecule has 4 heteroatoms. The summed E-state index contributed by atoms with van der Waals surface area (Å²) in [5.41, 5.74) is 4.01. The van der Waals surface area contributed by atoms with Gasteiger partial charge in [-0.15, -0.1) is 0 Å². The van der Waals surface area contributed by atoms with Crippen LogP contribution in [0.4, 0.5) is 6.01 Å². The van der Waals surface area contributed by atoms with Crippen LogP contribution in [0.15, 0.2) is 15.0 Å². The molecule has 0 saturated carbocycles. The Hall–Kier alpha value is -1.03. The fourth-order valence-electron chi connectivity index (χ4n) is 1.48. The van der Waals surface area contributed by atoms with Crippen LogP contribution in [-0.2, 0) is 0 Å². The molecule has 1 heterocycles. The Morgan fingerprint density at radius 3 is 2.71 bits per heavy atom. The van der Waals surface area contributed by atoms with Crippen molar-refractivity contribution in [2.75, 3.05) is 12.4 Å². The average molecular weight is 255 g/mol. The number of aryl methyl sites for hydroxylation is 2. The minimum atomic E-state index is 0.550. The second-order valence-corrected chi connectivity index (χ2v) is 4.06. The predicted molar refractivity (Wildman–Crippen MR) is 60.7 cm³/mol.